The summed E-state index contributed by atoms with van der Waals surface area (Å²) in [4.78, 5) is 12.3. The van der Waals surface area contributed by atoms with Crippen molar-refractivity contribution in [1.29, 1.82) is 0 Å². The fourth-order valence-electron chi connectivity index (χ4n) is 2.70. The SMILES string of the molecule is CCc1ccc(OC)c(CCNC(=O)c2ccc3c(c2)OCO3)c1. The van der Waals surface area contributed by atoms with Crippen LogP contribution in [-0.4, -0.2) is 26.4 Å². The lowest BCUT2D eigenvalue weighted by Gasteiger charge is -2.11. The molecule has 0 atom stereocenters. The predicted molar refractivity (Wildman–Crippen MR) is 91.0 cm³/mol. The molecule has 0 aromatic heterocycles. The molecule has 1 aliphatic rings. The number of hydrogen-bond acceptors (Lipinski definition) is 4. The first-order valence-corrected chi connectivity index (χ1v) is 8.05. The summed E-state index contributed by atoms with van der Waals surface area (Å²) in [7, 11) is 1.66. The third-order valence-electron chi connectivity index (χ3n) is 4.07. The first-order valence-electron chi connectivity index (χ1n) is 8.05. The highest BCUT2D eigenvalue weighted by Crippen LogP contribution is 2.32. The molecule has 2 aromatic rings. The number of hydrogen-bond donors (Lipinski definition) is 1. The maximum absolute atomic E-state index is 12.3. The molecule has 1 heterocycles. The van der Waals surface area contributed by atoms with E-state index in [1.807, 2.05) is 6.07 Å². The average Bonchev–Trinajstić information content (AvgIpc) is 3.09. The van der Waals surface area contributed by atoms with Gasteiger partial charge in [-0.1, -0.05) is 19.1 Å². The second kappa shape index (κ2) is 7.25. The molecule has 5 nitrogen and oxygen atoms in total. The molecule has 0 saturated carbocycles. The molecule has 0 aliphatic carbocycles. The number of methoxy groups -OCH3 is 1. The highest BCUT2D eigenvalue weighted by atomic mass is 16.7. The number of nitrogens with one attached hydrogen (secondary N) is 1. The summed E-state index contributed by atoms with van der Waals surface area (Å²) < 4.78 is 15.9. The van der Waals surface area contributed by atoms with Crippen LogP contribution in [-0.2, 0) is 12.8 Å². The fraction of sp³-hybridized carbons (Fsp3) is 0.316. The van der Waals surface area contributed by atoms with Gasteiger partial charge >= 0.3 is 0 Å². The Morgan fingerprint density at radius 3 is 2.79 bits per heavy atom. The molecule has 2 aromatic carbocycles. The number of carbonyl (C=O) groups is 1. The van der Waals surface area contributed by atoms with Gasteiger partial charge in [0.1, 0.15) is 5.75 Å². The van der Waals surface area contributed by atoms with Crippen LogP contribution in [0.4, 0.5) is 0 Å². The number of amides is 1. The van der Waals surface area contributed by atoms with E-state index >= 15 is 0 Å². The van der Waals surface area contributed by atoms with Gasteiger partial charge in [-0.15, -0.1) is 0 Å². The molecule has 3 rings (SSSR count). The minimum absolute atomic E-state index is 0.126. The Hall–Kier alpha value is -2.69. The zero-order valence-electron chi connectivity index (χ0n) is 13.9. The van der Waals surface area contributed by atoms with E-state index in [-0.39, 0.29) is 12.7 Å². The van der Waals surface area contributed by atoms with Crippen LogP contribution in [0.2, 0.25) is 0 Å². The van der Waals surface area contributed by atoms with E-state index in [1.54, 1.807) is 25.3 Å². The van der Waals surface area contributed by atoms with Crippen LogP contribution >= 0.6 is 0 Å². The minimum Gasteiger partial charge on any atom is -0.496 e. The topological polar surface area (TPSA) is 56.8 Å². The molecule has 1 aliphatic heterocycles. The number of benzene rings is 2. The van der Waals surface area contributed by atoms with Crippen molar-refractivity contribution in [2.75, 3.05) is 20.4 Å². The molecular weight excluding hydrogens is 306 g/mol. The highest BCUT2D eigenvalue weighted by molar-refractivity contribution is 5.94. The monoisotopic (exact) mass is 327 g/mol. The summed E-state index contributed by atoms with van der Waals surface area (Å²) in [6.07, 6.45) is 1.69. The summed E-state index contributed by atoms with van der Waals surface area (Å²) in [5.41, 5.74) is 2.92. The second-order valence-corrected chi connectivity index (χ2v) is 5.57. The average molecular weight is 327 g/mol. The van der Waals surface area contributed by atoms with Gasteiger partial charge in [0.15, 0.2) is 11.5 Å². The van der Waals surface area contributed by atoms with Crippen molar-refractivity contribution in [3.63, 3.8) is 0 Å². The molecule has 0 spiro atoms. The Kier molecular flexibility index (Phi) is 4.89. The van der Waals surface area contributed by atoms with Gasteiger partial charge in [0, 0.05) is 12.1 Å². The van der Waals surface area contributed by atoms with Crippen LogP contribution in [0.15, 0.2) is 36.4 Å². The van der Waals surface area contributed by atoms with Gasteiger partial charge in [-0.25, -0.2) is 0 Å². The number of ether oxygens (including phenoxy) is 3. The van der Waals surface area contributed by atoms with Gasteiger partial charge in [0.2, 0.25) is 6.79 Å². The van der Waals surface area contributed by atoms with Gasteiger partial charge in [-0.3, -0.25) is 4.79 Å². The Morgan fingerprint density at radius 1 is 1.17 bits per heavy atom. The fourth-order valence-corrected chi connectivity index (χ4v) is 2.70. The standard InChI is InChI=1S/C19H21NO4/c1-3-13-4-6-16(22-2)14(10-13)8-9-20-19(21)15-5-7-17-18(11-15)24-12-23-17/h4-7,10-11H,3,8-9,12H2,1-2H3,(H,20,21). The number of fused-ring (bicyclic) bond motifs is 1. The third-order valence-corrected chi connectivity index (χ3v) is 4.07. The van der Waals surface area contributed by atoms with E-state index in [2.05, 4.69) is 24.4 Å². The lowest BCUT2D eigenvalue weighted by atomic mass is 10.0. The van der Waals surface area contributed by atoms with Crippen molar-refractivity contribution in [3.8, 4) is 17.2 Å². The molecule has 5 heteroatoms. The Bertz CT molecular complexity index is 742. The molecule has 0 bridgehead atoms. The Balaban J connectivity index is 1.61. The predicted octanol–water partition coefficient (Wildman–Crippen LogP) is 2.96. The first-order chi connectivity index (χ1) is 11.7. The van der Waals surface area contributed by atoms with Crippen molar-refractivity contribution in [1.82, 2.24) is 5.32 Å². The zero-order chi connectivity index (χ0) is 16.9. The highest BCUT2D eigenvalue weighted by Gasteiger charge is 2.16. The van der Waals surface area contributed by atoms with Crippen LogP contribution in [0.25, 0.3) is 0 Å². The van der Waals surface area contributed by atoms with Crippen molar-refractivity contribution < 1.29 is 19.0 Å². The van der Waals surface area contributed by atoms with E-state index in [0.29, 0.717) is 30.0 Å². The van der Waals surface area contributed by atoms with Crippen molar-refractivity contribution in [3.05, 3.63) is 53.1 Å². The summed E-state index contributed by atoms with van der Waals surface area (Å²) >= 11 is 0. The number of rotatable bonds is 6. The van der Waals surface area contributed by atoms with Crippen molar-refractivity contribution in [2.24, 2.45) is 0 Å². The van der Waals surface area contributed by atoms with E-state index in [0.717, 1.165) is 17.7 Å². The Morgan fingerprint density at radius 2 is 2.00 bits per heavy atom. The molecule has 0 unspecified atom stereocenters. The van der Waals surface area contributed by atoms with Crippen LogP contribution in [0, 0.1) is 0 Å². The quantitative estimate of drug-likeness (QED) is 0.886. The van der Waals surface area contributed by atoms with Crippen LogP contribution in [0.3, 0.4) is 0 Å². The van der Waals surface area contributed by atoms with Gasteiger partial charge in [0.25, 0.3) is 5.91 Å². The molecule has 0 radical (unpaired) electrons. The van der Waals surface area contributed by atoms with Gasteiger partial charge in [0.05, 0.1) is 7.11 Å². The first kappa shape index (κ1) is 16.2. The van der Waals surface area contributed by atoms with Crippen LogP contribution in [0.1, 0.15) is 28.4 Å². The molecule has 0 saturated heterocycles. The summed E-state index contributed by atoms with van der Waals surface area (Å²) in [5.74, 6) is 2.01. The van der Waals surface area contributed by atoms with E-state index in [4.69, 9.17) is 14.2 Å². The normalized spacial score (nSPS) is 12.1. The maximum atomic E-state index is 12.3. The molecule has 0 fully saturated rings. The second-order valence-electron chi connectivity index (χ2n) is 5.57. The van der Waals surface area contributed by atoms with Crippen molar-refractivity contribution >= 4 is 5.91 Å². The third kappa shape index (κ3) is 3.45. The summed E-state index contributed by atoms with van der Waals surface area (Å²) in [5, 5.41) is 2.94. The largest absolute Gasteiger partial charge is 0.496 e. The minimum atomic E-state index is -0.126. The lowest BCUT2D eigenvalue weighted by molar-refractivity contribution is 0.0953. The molecule has 1 amide bonds. The van der Waals surface area contributed by atoms with Gasteiger partial charge in [-0.2, -0.15) is 0 Å². The molecule has 1 N–H and O–H groups in total. The molecule has 24 heavy (non-hydrogen) atoms. The van der Waals surface area contributed by atoms with E-state index in [9.17, 15) is 4.79 Å². The molecular formula is C19H21NO4. The number of aryl methyl sites for hydroxylation is 1. The lowest BCUT2D eigenvalue weighted by Crippen LogP contribution is -2.25. The van der Waals surface area contributed by atoms with E-state index < -0.39 is 0 Å². The van der Waals surface area contributed by atoms with E-state index in [1.165, 1.54) is 5.56 Å². The summed E-state index contributed by atoms with van der Waals surface area (Å²) in [6, 6.07) is 11.4. The van der Waals surface area contributed by atoms with Gasteiger partial charge in [-0.05, 0) is 48.2 Å². The Labute approximate surface area is 141 Å². The zero-order valence-corrected chi connectivity index (χ0v) is 13.9. The smallest absolute Gasteiger partial charge is 0.251 e. The van der Waals surface area contributed by atoms with Crippen LogP contribution in [0.5, 0.6) is 17.2 Å². The van der Waals surface area contributed by atoms with Crippen LogP contribution < -0.4 is 19.5 Å². The molecule has 126 valence electrons. The maximum Gasteiger partial charge on any atom is 0.251 e. The summed E-state index contributed by atoms with van der Waals surface area (Å²) in [6.45, 7) is 2.86. The number of carbonyl (C=O) groups excluding carboxylic acids is 1. The van der Waals surface area contributed by atoms with Crippen molar-refractivity contribution in [2.45, 2.75) is 19.8 Å². The van der Waals surface area contributed by atoms with Gasteiger partial charge < -0.3 is 19.5 Å².